The molecule has 138 valence electrons. The van der Waals surface area contributed by atoms with Gasteiger partial charge in [-0.25, -0.2) is 4.98 Å². The summed E-state index contributed by atoms with van der Waals surface area (Å²) in [4.78, 5) is 32.4. The first-order chi connectivity index (χ1) is 12.9. The molecule has 0 saturated heterocycles. The number of rotatable bonds is 3. The van der Waals surface area contributed by atoms with Gasteiger partial charge in [0.2, 0.25) is 5.43 Å². The molecule has 3 heterocycles. The number of pyridine rings is 1. The van der Waals surface area contributed by atoms with E-state index in [0.717, 1.165) is 16.0 Å². The number of carbonyl (C=O) groups is 1. The smallest absolute Gasteiger partial charge is 0.274 e. The van der Waals surface area contributed by atoms with E-state index >= 15 is 0 Å². The van der Waals surface area contributed by atoms with Crippen LogP contribution in [0.15, 0.2) is 41.5 Å². The van der Waals surface area contributed by atoms with Gasteiger partial charge in [0, 0.05) is 36.9 Å². The number of aryl methyl sites for hydroxylation is 2. The number of aromatic hydroxyl groups is 1. The Bertz CT molecular complexity index is 1100. The molecule has 1 amide bonds. The lowest BCUT2D eigenvalue weighted by Gasteiger charge is -2.30. The van der Waals surface area contributed by atoms with Crippen LogP contribution in [0.25, 0.3) is 10.6 Å². The standard InChI is InChI=1S/C20H19N3O3S/c1-12-4-3-5-14(8-12)10-23-7-6-22-11-15(19-21-9-13(2)27-19)17(24)18(25)16(22)20(23)26/h3-5,8-9,11,25H,6-7,10H2,1-2H3. The van der Waals surface area contributed by atoms with Crippen molar-refractivity contribution < 1.29 is 9.90 Å². The summed E-state index contributed by atoms with van der Waals surface area (Å²) >= 11 is 1.39. The second-order valence-electron chi connectivity index (χ2n) is 6.75. The molecule has 0 saturated carbocycles. The Hall–Kier alpha value is -2.93. The summed E-state index contributed by atoms with van der Waals surface area (Å²) in [6.07, 6.45) is 3.33. The summed E-state index contributed by atoms with van der Waals surface area (Å²) in [5.74, 6) is -0.835. The van der Waals surface area contributed by atoms with Crippen molar-refractivity contribution >= 4 is 17.2 Å². The second-order valence-corrected chi connectivity index (χ2v) is 7.99. The molecular weight excluding hydrogens is 362 g/mol. The number of aromatic nitrogens is 2. The van der Waals surface area contributed by atoms with Crippen molar-refractivity contribution in [1.82, 2.24) is 14.5 Å². The van der Waals surface area contributed by atoms with Gasteiger partial charge in [-0.1, -0.05) is 29.8 Å². The van der Waals surface area contributed by atoms with Crippen LogP contribution in [0, 0.1) is 13.8 Å². The van der Waals surface area contributed by atoms with Crippen LogP contribution in [0.1, 0.15) is 26.5 Å². The first-order valence-corrected chi connectivity index (χ1v) is 9.49. The van der Waals surface area contributed by atoms with E-state index in [9.17, 15) is 14.7 Å². The summed E-state index contributed by atoms with van der Waals surface area (Å²) in [6, 6.07) is 7.96. The molecule has 0 spiro atoms. The Morgan fingerprint density at radius 1 is 1.22 bits per heavy atom. The molecule has 0 atom stereocenters. The van der Waals surface area contributed by atoms with Gasteiger partial charge in [-0.05, 0) is 19.4 Å². The van der Waals surface area contributed by atoms with E-state index in [4.69, 9.17) is 0 Å². The largest absolute Gasteiger partial charge is 0.503 e. The lowest BCUT2D eigenvalue weighted by molar-refractivity contribution is 0.0683. The highest BCUT2D eigenvalue weighted by Crippen LogP contribution is 2.27. The Labute approximate surface area is 160 Å². The summed E-state index contributed by atoms with van der Waals surface area (Å²) in [5.41, 5.74) is 1.97. The third-order valence-corrected chi connectivity index (χ3v) is 5.61. The van der Waals surface area contributed by atoms with Gasteiger partial charge in [0.1, 0.15) is 5.01 Å². The molecule has 1 aromatic carbocycles. The second kappa shape index (κ2) is 6.66. The van der Waals surface area contributed by atoms with Crippen LogP contribution in [0.3, 0.4) is 0 Å². The number of hydrogen-bond acceptors (Lipinski definition) is 5. The molecule has 0 radical (unpaired) electrons. The van der Waals surface area contributed by atoms with Crippen LogP contribution in [0.5, 0.6) is 5.75 Å². The fraction of sp³-hybridized carbons (Fsp3) is 0.250. The molecule has 3 aromatic rings. The van der Waals surface area contributed by atoms with E-state index in [1.54, 1.807) is 21.9 Å². The van der Waals surface area contributed by atoms with Crippen LogP contribution in [0.2, 0.25) is 0 Å². The average molecular weight is 381 g/mol. The molecule has 1 N–H and O–H groups in total. The van der Waals surface area contributed by atoms with Gasteiger partial charge in [0.05, 0.1) is 5.56 Å². The summed E-state index contributed by atoms with van der Waals surface area (Å²) in [6.45, 7) is 5.38. The predicted octanol–water partition coefficient (Wildman–Crippen LogP) is 2.95. The number of amides is 1. The zero-order valence-corrected chi connectivity index (χ0v) is 15.9. The minimum absolute atomic E-state index is 0.0518. The number of fused-ring (bicyclic) bond motifs is 1. The molecule has 27 heavy (non-hydrogen) atoms. The van der Waals surface area contributed by atoms with Crippen LogP contribution in [-0.4, -0.2) is 32.0 Å². The van der Waals surface area contributed by atoms with E-state index in [1.807, 2.05) is 38.1 Å². The fourth-order valence-electron chi connectivity index (χ4n) is 3.34. The molecule has 6 nitrogen and oxygen atoms in total. The van der Waals surface area contributed by atoms with Gasteiger partial charge in [0.15, 0.2) is 11.4 Å². The lowest BCUT2D eigenvalue weighted by Crippen LogP contribution is -2.41. The zero-order chi connectivity index (χ0) is 19.1. The third-order valence-electron chi connectivity index (χ3n) is 4.66. The van der Waals surface area contributed by atoms with Gasteiger partial charge in [-0.3, -0.25) is 9.59 Å². The lowest BCUT2D eigenvalue weighted by atomic mass is 10.1. The number of benzene rings is 1. The molecule has 0 unspecified atom stereocenters. The van der Waals surface area contributed by atoms with Gasteiger partial charge in [0.25, 0.3) is 5.91 Å². The van der Waals surface area contributed by atoms with Crippen molar-refractivity contribution in [3.63, 3.8) is 0 Å². The van der Waals surface area contributed by atoms with E-state index in [1.165, 1.54) is 11.3 Å². The molecule has 1 aliphatic rings. The van der Waals surface area contributed by atoms with Gasteiger partial charge >= 0.3 is 0 Å². The highest BCUT2D eigenvalue weighted by atomic mass is 32.1. The van der Waals surface area contributed by atoms with Gasteiger partial charge in [-0.15, -0.1) is 11.3 Å². The minimum atomic E-state index is -0.554. The van der Waals surface area contributed by atoms with Crippen molar-refractivity contribution in [1.29, 1.82) is 0 Å². The monoisotopic (exact) mass is 381 g/mol. The molecule has 0 aliphatic carbocycles. The number of hydrogen-bond donors (Lipinski definition) is 1. The summed E-state index contributed by atoms with van der Waals surface area (Å²) in [5, 5.41) is 11.0. The SMILES string of the molecule is Cc1cccc(CN2CCn3cc(-c4ncc(C)s4)c(=O)c(O)c3C2=O)c1. The minimum Gasteiger partial charge on any atom is -0.503 e. The van der Waals surface area contributed by atoms with E-state index < -0.39 is 11.2 Å². The molecule has 4 rings (SSSR count). The normalized spacial score (nSPS) is 13.7. The maximum Gasteiger partial charge on any atom is 0.274 e. The Morgan fingerprint density at radius 3 is 2.74 bits per heavy atom. The first kappa shape index (κ1) is 17.5. The van der Waals surface area contributed by atoms with Crippen LogP contribution >= 0.6 is 11.3 Å². The van der Waals surface area contributed by atoms with Crippen LogP contribution < -0.4 is 5.43 Å². The molecule has 0 fully saturated rings. The fourth-order valence-corrected chi connectivity index (χ4v) is 4.11. The van der Waals surface area contributed by atoms with Crippen molar-refractivity contribution in [3.8, 4) is 16.3 Å². The van der Waals surface area contributed by atoms with Gasteiger partial charge in [-0.2, -0.15) is 0 Å². The molecule has 1 aliphatic heterocycles. The van der Waals surface area contributed by atoms with Crippen molar-refractivity contribution in [2.24, 2.45) is 0 Å². The topological polar surface area (TPSA) is 75.4 Å². The molecular formula is C20H19N3O3S. The van der Waals surface area contributed by atoms with Crippen molar-refractivity contribution in [3.05, 3.63) is 68.6 Å². The highest BCUT2D eigenvalue weighted by Gasteiger charge is 2.30. The molecule has 0 bridgehead atoms. The number of nitrogens with zero attached hydrogens (tertiary/aromatic N) is 3. The maximum atomic E-state index is 12.9. The summed E-state index contributed by atoms with van der Waals surface area (Å²) in [7, 11) is 0. The highest BCUT2D eigenvalue weighted by molar-refractivity contribution is 7.14. The third kappa shape index (κ3) is 3.14. The van der Waals surface area contributed by atoms with Crippen LogP contribution in [0.4, 0.5) is 0 Å². The molecule has 7 heteroatoms. The summed E-state index contributed by atoms with van der Waals surface area (Å²) < 4.78 is 1.66. The number of thiazole rings is 1. The predicted molar refractivity (Wildman–Crippen MR) is 104 cm³/mol. The van der Waals surface area contributed by atoms with Crippen molar-refractivity contribution in [2.75, 3.05) is 6.54 Å². The van der Waals surface area contributed by atoms with Crippen LogP contribution in [-0.2, 0) is 13.1 Å². The average Bonchev–Trinajstić information content (AvgIpc) is 3.06. The van der Waals surface area contributed by atoms with Gasteiger partial charge < -0.3 is 14.6 Å². The maximum absolute atomic E-state index is 12.9. The van der Waals surface area contributed by atoms with Crippen molar-refractivity contribution in [2.45, 2.75) is 26.9 Å². The van der Waals surface area contributed by atoms with E-state index in [0.29, 0.717) is 30.2 Å². The van der Waals surface area contributed by atoms with E-state index in [-0.39, 0.29) is 11.6 Å². The zero-order valence-electron chi connectivity index (χ0n) is 15.1. The van der Waals surface area contributed by atoms with E-state index in [2.05, 4.69) is 4.98 Å². The Kier molecular flexibility index (Phi) is 4.31. The number of carbonyl (C=O) groups excluding carboxylic acids is 1. The first-order valence-electron chi connectivity index (χ1n) is 8.68. The Balaban J connectivity index is 1.71. The molecule has 2 aromatic heterocycles. The Morgan fingerprint density at radius 2 is 2.04 bits per heavy atom. The quantitative estimate of drug-likeness (QED) is 0.757.